The van der Waals surface area contributed by atoms with Crippen LogP contribution in [0.15, 0.2) is 28.8 Å². The SMILES string of the molecule is Cc1cccc(C(C)C=C(Cl)Cl)c1C. The van der Waals surface area contributed by atoms with E-state index in [9.17, 15) is 0 Å². The Labute approximate surface area is 95.5 Å². The maximum Gasteiger partial charge on any atom is 0.103 e. The maximum atomic E-state index is 5.64. The first-order valence-electron chi connectivity index (χ1n) is 4.61. The molecule has 0 bridgehead atoms. The first-order valence-corrected chi connectivity index (χ1v) is 5.37. The lowest BCUT2D eigenvalue weighted by molar-refractivity contribution is 0.947. The fourth-order valence-corrected chi connectivity index (χ4v) is 1.92. The second-order valence-electron chi connectivity index (χ2n) is 3.53. The second kappa shape index (κ2) is 4.86. The Bertz CT molecular complexity index is 349. The number of rotatable bonds is 2. The molecular weight excluding hydrogens is 215 g/mol. The van der Waals surface area contributed by atoms with Gasteiger partial charge in [0.15, 0.2) is 0 Å². The van der Waals surface area contributed by atoms with Crippen LogP contribution in [0.2, 0.25) is 0 Å². The van der Waals surface area contributed by atoms with Crippen LogP contribution < -0.4 is 0 Å². The maximum absolute atomic E-state index is 5.64. The Hall–Kier alpha value is -0.460. The van der Waals surface area contributed by atoms with Gasteiger partial charge in [-0.3, -0.25) is 0 Å². The quantitative estimate of drug-likeness (QED) is 0.687. The fraction of sp³-hybridized carbons (Fsp3) is 0.333. The van der Waals surface area contributed by atoms with Crippen molar-refractivity contribution in [1.82, 2.24) is 0 Å². The van der Waals surface area contributed by atoms with Crippen molar-refractivity contribution in [2.24, 2.45) is 0 Å². The van der Waals surface area contributed by atoms with E-state index in [4.69, 9.17) is 23.2 Å². The van der Waals surface area contributed by atoms with Crippen molar-refractivity contribution in [3.05, 3.63) is 45.5 Å². The highest BCUT2D eigenvalue weighted by Crippen LogP contribution is 2.25. The minimum Gasteiger partial charge on any atom is -0.0712 e. The summed E-state index contributed by atoms with van der Waals surface area (Å²) in [5.74, 6) is 0.264. The van der Waals surface area contributed by atoms with Gasteiger partial charge in [-0.2, -0.15) is 0 Å². The first-order chi connectivity index (χ1) is 6.52. The molecule has 76 valence electrons. The van der Waals surface area contributed by atoms with Crippen molar-refractivity contribution >= 4 is 23.2 Å². The number of benzene rings is 1. The number of aryl methyl sites for hydroxylation is 1. The molecule has 14 heavy (non-hydrogen) atoms. The largest absolute Gasteiger partial charge is 0.103 e. The standard InChI is InChI=1S/C12H14Cl2/c1-8-5-4-6-11(10(8)3)9(2)7-12(13)14/h4-7,9H,1-3H3. The summed E-state index contributed by atoms with van der Waals surface area (Å²) in [5.41, 5.74) is 3.89. The molecule has 0 radical (unpaired) electrons. The Morgan fingerprint density at radius 1 is 1.29 bits per heavy atom. The molecule has 1 unspecified atom stereocenters. The summed E-state index contributed by atoms with van der Waals surface area (Å²) in [6, 6.07) is 6.28. The monoisotopic (exact) mass is 228 g/mol. The van der Waals surface area contributed by atoms with Crippen LogP contribution >= 0.6 is 23.2 Å². The fourth-order valence-electron chi connectivity index (χ4n) is 1.55. The molecule has 0 heterocycles. The van der Waals surface area contributed by atoms with Gasteiger partial charge < -0.3 is 0 Å². The third-order valence-electron chi connectivity index (χ3n) is 2.51. The third kappa shape index (κ3) is 2.76. The van der Waals surface area contributed by atoms with Gasteiger partial charge >= 0.3 is 0 Å². The van der Waals surface area contributed by atoms with E-state index >= 15 is 0 Å². The molecule has 1 aromatic rings. The van der Waals surface area contributed by atoms with Gasteiger partial charge in [-0.25, -0.2) is 0 Å². The molecule has 1 rings (SSSR count). The van der Waals surface area contributed by atoms with Crippen molar-refractivity contribution in [3.8, 4) is 0 Å². The van der Waals surface area contributed by atoms with E-state index in [0.717, 1.165) is 0 Å². The number of hydrogen-bond acceptors (Lipinski definition) is 0. The average Bonchev–Trinajstić information content (AvgIpc) is 2.08. The van der Waals surface area contributed by atoms with E-state index in [1.165, 1.54) is 16.7 Å². The predicted molar refractivity (Wildman–Crippen MR) is 64.1 cm³/mol. The zero-order valence-electron chi connectivity index (χ0n) is 8.64. The van der Waals surface area contributed by atoms with Crippen LogP contribution in [0.3, 0.4) is 0 Å². The molecule has 0 saturated carbocycles. The van der Waals surface area contributed by atoms with E-state index < -0.39 is 0 Å². The highest BCUT2D eigenvalue weighted by Gasteiger charge is 2.07. The second-order valence-corrected chi connectivity index (χ2v) is 4.54. The van der Waals surface area contributed by atoms with Crippen molar-refractivity contribution < 1.29 is 0 Å². The molecule has 0 N–H and O–H groups in total. The highest BCUT2D eigenvalue weighted by atomic mass is 35.5. The van der Waals surface area contributed by atoms with E-state index in [-0.39, 0.29) is 5.92 Å². The summed E-state index contributed by atoms with van der Waals surface area (Å²) in [7, 11) is 0. The summed E-state index contributed by atoms with van der Waals surface area (Å²) in [6.07, 6.45) is 1.85. The van der Waals surface area contributed by atoms with Gasteiger partial charge in [-0.05, 0) is 36.6 Å². The van der Waals surface area contributed by atoms with Crippen LogP contribution in [0.25, 0.3) is 0 Å². The highest BCUT2D eigenvalue weighted by molar-refractivity contribution is 6.55. The lowest BCUT2D eigenvalue weighted by atomic mass is 9.94. The van der Waals surface area contributed by atoms with Crippen LogP contribution in [-0.2, 0) is 0 Å². The van der Waals surface area contributed by atoms with Crippen LogP contribution in [-0.4, -0.2) is 0 Å². The van der Waals surface area contributed by atoms with Gasteiger partial charge in [0.2, 0.25) is 0 Å². The van der Waals surface area contributed by atoms with E-state index in [2.05, 4.69) is 39.0 Å². The Balaban J connectivity index is 3.07. The molecule has 0 amide bonds. The lowest BCUT2D eigenvalue weighted by Gasteiger charge is -2.12. The zero-order chi connectivity index (χ0) is 10.7. The molecule has 0 aliphatic heterocycles. The molecule has 2 heteroatoms. The number of hydrogen-bond donors (Lipinski definition) is 0. The predicted octanol–water partition coefficient (Wildman–Crippen LogP) is 4.73. The molecule has 0 saturated heterocycles. The number of allylic oxidation sites excluding steroid dienone is 1. The van der Waals surface area contributed by atoms with Crippen LogP contribution in [0.4, 0.5) is 0 Å². The molecule has 0 nitrogen and oxygen atoms in total. The minimum atomic E-state index is 0.264. The van der Waals surface area contributed by atoms with Crippen LogP contribution in [0.1, 0.15) is 29.5 Å². The summed E-state index contributed by atoms with van der Waals surface area (Å²) in [6.45, 7) is 6.32. The number of halogens is 2. The summed E-state index contributed by atoms with van der Waals surface area (Å²) < 4.78 is 0.332. The van der Waals surface area contributed by atoms with Crippen molar-refractivity contribution in [2.45, 2.75) is 26.7 Å². The van der Waals surface area contributed by atoms with Gasteiger partial charge in [0, 0.05) is 5.92 Å². The molecule has 0 aromatic heterocycles. The Morgan fingerprint density at radius 2 is 1.93 bits per heavy atom. The Kier molecular flexibility index (Phi) is 4.03. The van der Waals surface area contributed by atoms with Gasteiger partial charge in [0.05, 0.1) is 0 Å². The van der Waals surface area contributed by atoms with Crippen LogP contribution in [0.5, 0.6) is 0 Å². The molecule has 1 aromatic carbocycles. The van der Waals surface area contributed by atoms with Gasteiger partial charge in [-0.1, -0.05) is 48.3 Å². The van der Waals surface area contributed by atoms with Crippen molar-refractivity contribution in [3.63, 3.8) is 0 Å². The molecule has 0 fully saturated rings. The Morgan fingerprint density at radius 3 is 2.50 bits per heavy atom. The smallest absolute Gasteiger partial charge is 0.0712 e. The molecule has 0 aliphatic carbocycles. The normalized spacial score (nSPS) is 12.4. The third-order valence-corrected chi connectivity index (χ3v) is 2.77. The topological polar surface area (TPSA) is 0 Å². The molecule has 1 atom stereocenters. The van der Waals surface area contributed by atoms with Crippen LogP contribution in [0, 0.1) is 13.8 Å². The zero-order valence-corrected chi connectivity index (χ0v) is 10.2. The van der Waals surface area contributed by atoms with E-state index in [1.807, 2.05) is 6.08 Å². The molecular formula is C12H14Cl2. The van der Waals surface area contributed by atoms with E-state index in [1.54, 1.807) is 0 Å². The van der Waals surface area contributed by atoms with Crippen molar-refractivity contribution in [2.75, 3.05) is 0 Å². The van der Waals surface area contributed by atoms with E-state index in [0.29, 0.717) is 4.49 Å². The summed E-state index contributed by atoms with van der Waals surface area (Å²) in [4.78, 5) is 0. The molecule has 0 aliphatic rings. The van der Waals surface area contributed by atoms with Gasteiger partial charge in [0.25, 0.3) is 0 Å². The minimum absolute atomic E-state index is 0.264. The van der Waals surface area contributed by atoms with Gasteiger partial charge in [-0.15, -0.1) is 0 Å². The van der Waals surface area contributed by atoms with Gasteiger partial charge in [0.1, 0.15) is 4.49 Å². The lowest BCUT2D eigenvalue weighted by Crippen LogP contribution is -1.95. The van der Waals surface area contributed by atoms with Crippen molar-refractivity contribution in [1.29, 1.82) is 0 Å². The molecule has 0 spiro atoms. The summed E-state index contributed by atoms with van der Waals surface area (Å²) in [5, 5.41) is 0. The summed E-state index contributed by atoms with van der Waals surface area (Å²) >= 11 is 11.3. The first kappa shape index (κ1) is 11.6. The average molecular weight is 229 g/mol.